The van der Waals surface area contributed by atoms with E-state index < -0.39 is 48.6 Å². The van der Waals surface area contributed by atoms with Gasteiger partial charge in [0.15, 0.2) is 0 Å². The van der Waals surface area contributed by atoms with Crippen LogP contribution >= 0.6 is 11.6 Å². The fourth-order valence-corrected chi connectivity index (χ4v) is 3.60. The van der Waals surface area contributed by atoms with Gasteiger partial charge in [0.2, 0.25) is 0 Å². The monoisotopic (exact) mass is 879 g/mol. The topological polar surface area (TPSA) is 220 Å². The number of piperazine rings is 1. The van der Waals surface area contributed by atoms with E-state index in [1.807, 2.05) is 30.3 Å². The normalized spacial score (nSPS) is 12.6. The van der Waals surface area contributed by atoms with Crippen molar-refractivity contribution in [2.45, 2.75) is 24.7 Å². The van der Waals surface area contributed by atoms with Gasteiger partial charge in [-0.2, -0.15) is 52.7 Å². The number of carbonyl (C=O) groups is 5. The number of hydrogen-bond acceptors (Lipinski definition) is 10. The smallest absolute Gasteiger partial charge is 0.490 e. The minimum Gasteiger partial charge on any atom is -0.497 e. The van der Waals surface area contributed by atoms with Crippen molar-refractivity contribution in [2.24, 2.45) is 0 Å². The number of ether oxygens (including phenoxy) is 1. The zero-order chi connectivity index (χ0) is 45.2. The fourth-order valence-electron chi connectivity index (χ4n) is 3.41. The van der Waals surface area contributed by atoms with Crippen LogP contribution in [-0.2, 0) is 19.2 Å². The number of nitrogens with one attached hydrogen (secondary N) is 1. The Morgan fingerprint density at radius 1 is 0.655 bits per heavy atom. The first kappa shape index (κ1) is 51.7. The summed E-state index contributed by atoms with van der Waals surface area (Å²) >= 11 is 6.28. The van der Waals surface area contributed by atoms with Crippen molar-refractivity contribution in [3.8, 4) is 5.75 Å². The quantitative estimate of drug-likeness (QED) is 0.179. The van der Waals surface area contributed by atoms with Gasteiger partial charge in [0.1, 0.15) is 17.3 Å². The lowest BCUT2D eigenvalue weighted by Crippen LogP contribution is -2.47. The largest absolute Gasteiger partial charge is 0.497 e. The number of alkyl halides is 12. The molecule has 0 saturated carbocycles. The molecule has 322 valence electrons. The van der Waals surface area contributed by atoms with E-state index in [0.29, 0.717) is 16.5 Å². The minimum absolute atomic E-state index is 0.202. The minimum atomic E-state index is -5.08. The second-order valence-corrected chi connectivity index (χ2v) is 10.5. The molecule has 28 heteroatoms. The molecule has 0 atom stereocenters. The molecule has 3 aromatic rings. The average Bonchev–Trinajstić information content (AvgIpc) is 3.12. The van der Waals surface area contributed by atoms with Gasteiger partial charge in [-0.15, -0.1) is 0 Å². The number of pyridine rings is 2. The molecule has 1 saturated heterocycles. The van der Waals surface area contributed by atoms with E-state index in [1.165, 1.54) is 0 Å². The zero-order valence-electron chi connectivity index (χ0n) is 28.5. The van der Waals surface area contributed by atoms with Gasteiger partial charge in [0.05, 0.1) is 12.1 Å². The van der Waals surface area contributed by atoms with Crippen LogP contribution in [0.15, 0.2) is 60.9 Å². The summed E-state index contributed by atoms with van der Waals surface area (Å²) in [6.07, 6.45) is -16.7. The molecule has 5 N–H and O–H groups in total. The van der Waals surface area contributed by atoms with E-state index >= 15 is 0 Å². The van der Waals surface area contributed by atoms with Crippen LogP contribution in [0.4, 0.5) is 69.9 Å². The first-order valence-corrected chi connectivity index (χ1v) is 15.0. The van der Waals surface area contributed by atoms with Crippen molar-refractivity contribution >= 4 is 58.6 Å². The Morgan fingerprint density at radius 3 is 1.43 bits per heavy atom. The number of carboxylic acid groups (broad SMARTS) is 4. The van der Waals surface area contributed by atoms with E-state index in [-0.39, 0.29) is 11.6 Å². The number of benzene rings is 1. The molecule has 4 rings (SSSR count). The van der Waals surface area contributed by atoms with Crippen molar-refractivity contribution < 1.29 is 102 Å². The van der Waals surface area contributed by atoms with Crippen LogP contribution in [0, 0.1) is 0 Å². The summed E-state index contributed by atoms with van der Waals surface area (Å²) in [5.74, 6) is -9.98. The Bertz CT molecular complexity index is 1730. The molecule has 0 spiro atoms. The van der Waals surface area contributed by atoms with Crippen molar-refractivity contribution in [3.63, 3.8) is 0 Å². The van der Waals surface area contributed by atoms with E-state index in [0.717, 1.165) is 37.7 Å². The lowest BCUT2D eigenvalue weighted by Gasteiger charge is -2.36. The third-order valence-electron chi connectivity index (χ3n) is 5.98. The van der Waals surface area contributed by atoms with Crippen LogP contribution in [0.25, 0.3) is 0 Å². The SMILES string of the molecule is COc1cccc(NC(=O)c2nc(N3CCN(c4ccncc4)CC3)ccc2Cl)c1.O=C(O)C(F)(F)F.O=C(O)C(F)(F)F.O=C(O)C(F)(F)F.O=C(O)C(F)(F)F. The second kappa shape index (κ2) is 22.5. The van der Waals surface area contributed by atoms with Crippen LogP contribution in [0.5, 0.6) is 5.75 Å². The molecule has 0 bridgehead atoms. The summed E-state index contributed by atoms with van der Waals surface area (Å²) in [6.45, 7) is 3.32. The predicted octanol–water partition coefficient (Wildman–Crippen LogP) is 6.25. The molecule has 1 aliphatic heterocycles. The highest BCUT2D eigenvalue weighted by atomic mass is 35.5. The highest BCUT2D eigenvalue weighted by Crippen LogP contribution is 2.24. The Balaban J connectivity index is 0.000000940. The second-order valence-electron chi connectivity index (χ2n) is 10.1. The number of nitrogens with zero attached hydrogens (tertiary/aromatic N) is 4. The number of carbonyl (C=O) groups excluding carboxylic acids is 1. The molecule has 2 aromatic heterocycles. The van der Waals surface area contributed by atoms with Crippen LogP contribution < -0.4 is 19.9 Å². The standard InChI is InChI=1S/C22H22ClN5O2.4C2HF3O2/c1-30-18-4-2-3-16(15-18)25-22(29)21-19(23)5-6-20(26-21)28-13-11-27(12-14-28)17-7-9-24-10-8-17;4*3-2(4,5)1(6)7/h2-10,15H,11-14H2,1H3,(H,25,29);4*(H,6,7). The number of rotatable bonds is 5. The molecular weight excluding hydrogens is 854 g/mol. The number of carboxylic acids is 4. The van der Waals surface area contributed by atoms with E-state index in [9.17, 15) is 57.5 Å². The van der Waals surface area contributed by atoms with Gasteiger partial charge in [-0.1, -0.05) is 17.7 Å². The lowest BCUT2D eigenvalue weighted by atomic mass is 10.2. The molecule has 1 amide bonds. The van der Waals surface area contributed by atoms with E-state index in [2.05, 4.69) is 25.1 Å². The molecule has 1 fully saturated rings. The summed E-state index contributed by atoms with van der Waals surface area (Å²) in [5.41, 5.74) is 1.98. The molecule has 15 nitrogen and oxygen atoms in total. The maximum Gasteiger partial charge on any atom is 0.490 e. The molecule has 1 aromatic carbocycles. The fraction of sp³-hybridized carbons (Fsp3) is 0.300. The van der Waals surface area contributed by atoms with Gasteiger partial charge in [-0.05, 0) is 36.4 Å². The lowest BCUT2D eigenvalue weighted by molar-refractivity contribution is -0.193. The third-order valence-corrected chi connectivity index (χ3v) is 6.28. The summed E-state index contributed by atoms with van der Waals surface area (Å²) in [6, 6.07) is 14.8. The Hall–Kier alpha value is -6.28. The van der Waals surface area contributed by atoms with E-state index in [1.54, 1.807) is 37.7 Å². The summed E-state index contributed by atoms with van der Waals surface area (Å²) in [4.78, 5) is 61.5. The maximum atomic E-state index is 12.8. The van der Waals surface area contributed by atoms with Gasteiger partial charge in [0, 0.05) is 56.0 Å². The molecule has 0 radical (unpaired) electrons. The van der Waals surface area contributed by atoms with Crippen molar-refractivity contribution in [3.05, 3.63) is 71.6 Å². The molecule has 0 aliphatic carbocycles. The molecular formula is C30H26ClF12N5O10. The first-order chi connectivity index (χ1) is 26.4. The number of hydrogen-bond donors (Lipinski definition) is 5. The third kappa shape index (κ3) is 20.1. The number of amides is 1. The van der Waals surface area contributed by atoms with Gasteiger partial charge in [-0.25, -0.2) is 24.2 Å². The number of anilines is 3. The first-order valence-electron chi connectivity index (χ1n) is 14.6. The molecule has 3 heterocycles. The summed E-state index contributed by atoms with van der Waals surface area (Å²) < 4.78 is 132. The van der Waals surface area contributed by atoms with Gasteiger partial charge < -0.3 is 40.3 Å². The predicted molar refractivity (Wildman–Crippen MR) is 174 cm³/mol. The van der Waals surface area contributed by atoms with Crippen LogP contribution in [0.3, 0.4) is 0 Å². The van der Waals surface area contributed by atoms with Crippen LogP contribution in [0.2, 0.25) is 5.02 Å². The molecule has 58 heavy (non-hydrogen) atoms. The Labute approximate surface area is 321 Å². The molecule has 1 aliphatic rings. The van der Waals surface area contributed by atoms with Crippen LogP contribution in [0.1, 0.15) is 10.5 Å². The number of methoxy groups -OCH3 is 1. The number of aliphatic carboxylic acids is 4. The van der Waals surface area contributed by atoms with Crippen molar-refractivity contribution in [2.75, 3.05) is 48.4 Å². The van der Waals surface area contributed by atoms with Crippen molar-refractivity contribution in [1.82, 2.24) is 9.97 Å². The van der Waals surface area contributed by atoms with Gasteiger partial charge in [0.25, 0.3) is 5.91 Å². The van der Waals surface area contributed by atoms with Gasteiger partial charge >= 0.3 is 48.6 Å². The molecule has 0 unspecified atom stereocenters. The van der Waals surface area contributed by atoms with Gasteiger partial charge in [-0.3, -0.25) is 9.78 Å². The Morgan fingerprint density at radius 2 is 1.05 bits per heavy atom. The summed E-state index contributed by atoms with van der Waals surface area (Å²) in [7, 11) is 1.58. The highest BCUT2D eigenvalue weighted by Gasteiger charge is 2.40. The zero-order valence-corrected chi connectivity index (χ0v) is 29.3. The highest BCUT2D eigenvalue weighted by molar-refractivity contribution is 6.34. The van der Waals surface area contributed by atoms with Crippen molar-refractivity contribution in [1.29, 1.82) is 0 Å². The Kier molecular flexibility index (Phi) is 20.0. The number of aromatic nitrogens is 2. The number of halogens is 13. The average molecular weight is 880 g/mol. The van der Waals surface area contributed by atoms with Crippen LogP contribution in [-0.4, -0.2) is 118 Å². The van der Waals surface area contributed by atoms with E-state index in [4.69, 9.17) is 55.9 Å². The maximum absolute atomic E-state index is 12.8. The summed E-state index contributed by atoms with van der Waals surface area (Å²) in [5, 5.41) is 31.6.